The van der Waals surface area contributed by atoms with E-state index >= 15 is 0 Å². The molecule has 1 atom stereocenters. The monoisotopic (exact) mass is 591 g/mol. The van der Waals surface area contributed by atoms with Gasteiger partial charge >= 0.3 is 5.91 Å². The molecule has 3 aromatic rings. The predicted molar refractivity (Wildman–Crippen MR) is 143 cm³/mol. The second-order valence-electron chi connectivity index (χ2n) is 10.1. The number of halogens is 1. The number of piperazine rings is 1. The Hall–Kier alpha value is -3.01. The van der Waals surface area contributed by atoms with Crippen molar-refractivity contribution in [1.29, 1.82) is 0 Å². The highest BCUT2D eigenvalue weighted by Gasteiger charge is 2.40. The number of aromatic amines is 1. The predicted octanol–water partition coefficient (Wildman–Crippen LogP) is 1.43. The quantitative estimate of drug-likeness (QED) is 0.464. The van der Waals surface area contributed by atoms with Gasteiger partial charge in [0.2, 0.25) is 5.91 Å². The SMILES string of the molecule is O=C(CC1CN(S(=O)(=O)c2cc3cc(Cl)ccc3[nH]2)CCN1C(=O)c1nc2c(o1)CN([O-])CC2)N1CCOCC1. The number of rotatable bonds is 5. The summed E-state index contributed by atoms with van der Waals surface area (Å²) in [5.74, 6) is -0.540. The summed E-state index contributed by atoms with van der Waals surface area (Å²) in [5.41, 5.74) is 1.19. The van der Waals surface area contributed by atoms with Crippen LogP contribution in [0.3, 0.4) is 0 Å². The van der Waals surface area contributed by atoms with Crippen LogP contribution in [0.2, 0.25) is 5.02 Å². The average Bonchev–Trinajstić information content (AvgIpc) is 3.57. The van der Waals surface area contributed by atoms with E-state index in [1.807, 2.05) is 0 Å². The number of aromatic nitrogens is 2. The maximum absolute atomic E-state index is 13.7. The lowest BCUT2D eigenvalue weighted by Crippen LogP contribution is -2.58. The first-order valence-electron chi connectivity index (χ1n) is 13.0. The molecule has 1 N–H and O–H groups in total. The van der Waals surface area contributed by atoms with Gasteiger partial charge in [-0.1, -0.05) is 11.6 Å². The molecule has 3 aliphatic rings. The van der Waals surface area contributed by atoms with E-state index in [4.69, 9.17) is 20.8 Å². The topological polar surface area (TPSA) is 155 Å². The highest BCUT2D eigenvalue weighted by atomic mass is 35.5. The van der Waals surface area contributed by atoms with Crippen molar-refractivity contribution in [1.82, 2.24) is 29.1 Å². The molecular formula is C25H28ClN6O7S-. The van der Waals surface area contributed by atoms with Crippen LogP contribution in [0.4, 0.5) is 0 Å². The first kappa shape index (κ1) is 27.2. The second kappa shape index (κ2) is 10.8. The molecule has 40 heavy (non-hydrogen) atoms. The van der Waals surface area contributed by atoms with E-state index in [0.717, 1.165) is 5.06 Å². The summed E-state index contributed by atoms with van der Waals surface area (Å²) in [4.78, 5) is 37.2. The molecule has 0 saturated carbocycles. The van der Waals surface area contributed by atoms with Gasteiger partial charge in [-0.15, -0.1) is 0 Å². The Balaban J connectivity index is 1.27. The van der Waals surface area contributed by atoms with E-state index in [2.05, 4.69) is 9.97 Å². The molecule has 0 bridgehead atoms. The van der Waals surface area contributed by atoms with Crippen molar-refractivity contribution in [3.63, 3.8) is 0 Å². The molecule has 2 amide bonds. The number of benzene rings is 1. The fraction of sp³-hybridized carbons (Fsp3) is 0.480. The molecule has 2 fully saturated rings. The number of hydrogen-bond donors (Lipinski definition) is 1. The van der Waals surface area contributed by atoms with Crippen LogP contribution in [0.15, 0.2) is 33.7 Å². The van der Waals surface area contributed by atoms with Crippen LogP contribution in [0.1, 0.15) is 28.6 Å². The van der Waals surface area contributed by atoms with E-state index in [0.29, 0.717) is 60.1 Å². The van der Waals surface area contributed by atoms with E-state index in [9.17, 15) is 23.2 Å². The first-order chi connectivity index (χ1) is 19.2. The van der Waals surface area contributed by atoms with Gasteiger partial charge in [-0.2, -0.15) is 4.31 Å². The van der Waals surface area contributed by atoms with E-state index in [1.165, 1.54) is 15.3 Å². The number of fused-ring (bicyclic) bond motifs is 2. The van der Waals surface area contributed by atoms with Gasteiger partial charge in [-0.05, 0) is 30.8 Å². The van der Waals surface area contributed by atoms with E-state index in [1.54, 1.807) is 23.1 Å². The number of nitrogens with one attached hydrogen (secondary N) is 1. The van der Waals surface area contributed by atoms with Crippen molar-refractivity contribution >= 4 is 44.3 Å². The Kier molecular flexibility index (Phi) is 7.31. The lowest BCUT2D eigenvalue weighted by atomic mass is 10.1. The van der Waals surface area contributed by atoms with Gasteiger partial charge in [0.1, 0.15) is 10.8 Å². The Labute approximate surface area is 235 Å². The molecule has 1 unspecified atom stereocenters. The van der Waals surface area contributed by atoms with Gasteiger partial charge < -0.3 is 34.2 Å². The molecule has 3 aliphatic heterocycles. The summed E-state index contributed by atoms with van der Waals surface area (Å²) in [6, 6.07) is 5.82. The first-order valence-corrected chi connectivity index (χ1v) is 14.9. The number of ether oxygens (including phenoxy) is 1. The third-order valence-corrected chi connectivity index (χ3v) is 9.56. The number of oxazole rings is 1. The zero-order valence-corrected chi connectivity index (χ0v) is 23.1. The Morgan fingerprint density at radius 1 is 1.12 bits per heavy atom. The largest absolute Gasteiger partial charge is 0.785 e. The van der Waals surface area contributed by atoms with E-state index in [-0.39, 0.29) is 56.0 Å². The van der Waals surface area contributed by atoms with Crippen LogP contribution in [-0.4, -0.2) is 108 Å². The van der Waals surface area contributed by atoms with Crippen LogP contribution in [0, 0.1) is 5.21 Å². The standard InChI is InChI=1S/C25H28ClN6O7S/c26-17-1-2-19-16(11-17)12-22(27-19)40(36,37)31-5-6-32(18(14-31)13-23(33)29-7-9-38-10-8-29)25(34)24-28-20-3-4-30(35)15-21(20)39-24/h1-2,11-12,18,27H,3-10,13-15H2/q-1. The van der Waals surface area contributed by atoms with Gasteiger partial charge in [-0.3, -0.25) is 9.59 Å². The Morgan fingerprint density at radius 2 is 1.93 bits per heavy atom. The molecule has 0 spiro atoms. The lowest BCUT2D eigenvalue weighted by Gasteiger charge is -2.40. The molecule has 5 heterocycles. The summed E-state index contributed by atoms with van der Waals surface area (Å²) >= 11 is 6.07. The maximum atomic E-state index is 13.7. The van der Waals surface area contributed by atoms with Gasteiger partial charge in [-0.25, -0.2) is 13.4 Å². The molecule has 1 aromatic carbocycles. The third-order valence-electron chi connectivity index (χ3n) is 7.54. The number of hydrogen-bond acceptors (Lipinski definition) is 9. The van der Waals surface area contributed by atoms with Crippen molar-refractivity contribution in [3.8, 4) is 0 Å². The van der Waals surface area contributed by atoms with Crippen molar-refractivity contribution in [3.05, 3.63) is 51.8 Å². The molecule has 2 saturated heterocycles. The number of sulfonamides is 1. The average molecular weight is 592 g/mol. The number of carbonyl (C=O) groups excluding carboxylic acids is 2. The Bertz CT molecular complexity index is 1550. The number of amides is 2. The van der Waals surface area contributed by atoms with Crippen molar-refractivity contribution in [2.75, 3.05) is 52.5 Å². The van der Waals surface area contributed by atoms with Crippen LogP contribution in [0.25, 0.3) is 10.9 Å². The van der Waals surface area contributed by atoms with Gasteiger partial charge in [0.15, 0.2) is 0 Å². The van der Waals surface area contributed by atoms with Crippen LogP contribution in [-0.2, 0) is 32.5 Å². The summed E-state index contributed by atoms with van der Waals surface area (Å²) in [6.07, 6.45) is 0.297. The van der Waals surface area contributed by atoms with Crippen LogP contribution < -0.4 is 0 Å². The van der Waals surface area contributed by atoms with Gasteiger partial charge in [0.25, 0.3) is 15.9 Å². The molecular weight excluding hydrogens is 564 g/mol. The van der Waals surface area contributed by atoms with Gasteiger partial charge in [0, 0.05) is 68.0 Å². The lowest BCUT2D eigenvalue weighted by molar-refractivity contribution is -0.136. The fourth-order valence-electron chi connectivity index (χ4n) is 5.37. The zero-order chi connectivity index (χ0) is 28.0. The van der Waals surface area contributed by atoms with Crippen molar-refractivity contribution in [2.45, 2.75) is 30.5 Å². The maximum Gasteiger partial charge on any atom is 0.310 e. The number of morpholine rings is 1. The molecule has 2 aromatic heterocycles. The van der Waals surface area contributed by atoms with E-state index < -0.39 is 22.0 Å². The van der Waals surface area contributed by atoms with Gasteiger partial charge in [0.05, 0.1) is 24.9 Å². The minimum Gasteiger partial charge on any atom is -0.785 e. The molecule has 6 rings (SSSR count). The molecule has 0 aliphatic carbocycles. The van der Waals surface area contributed by atoms with Crippen molar-refractivity contribution < 1.29 is 27.2 Å². The highest BCUT2D eigenvalue weighted by Crippen LogP contribution is 2.28. The molecule has 15 heteroatoms. The summed E-state index contributed by atoms with van der Waals surface area (Å²) < 4.78 is 39.6. The molecule has 214 valence electrons. The summed E-state index contributed by atoms with van der Waals surface area (Å²) in [5, 5.41) is 13.7. The van der Waals surface area contributed by atoms with Crippen LogP contribution in [0.5, 0.6) is 0 Å². The zero-order valence-electron chi connectivity index (χ0n) is 21.5. The second-order valence-corrected chi connectivity index (χ2v) is 12.4. The fourth-order valence-corrected chi connectivity index (χ4v) is 7.04. The minimum absolute atomic E-state index is 0.00495. The number of hydroxylamine groups is 2. The molecule has 0 radical (unpaired) electrons. The number of H-pyrrole nitrogens is 1. The Morgan fingerprint density at radius 3 is 2.73 bits per heavy atom. The number of nitrogens with zero attached hydrogens (tertiary/aromatic N) is 5. The summed E-state index contributed by atoms with van der Waals surface area (Å²) in [7, 11) is -3.98. The highest BCUT2D eigenvalue weighted by molar-refractivity contribution is 7.89. The minimum atomic E-state index is -3.98. The molecule has 13 nitrogen and oxygen atoms in total. The van der Waals surface area contributed by atoms with Crippen molar-refractivity contribution in [2.24, 2.45) is 0 Å². The smallest absolute Gasteiger partial charge is 0.310 e. The third kappa shape index (κ3) is 5.22. The number of carbonyl (C=O) groups is 2. The summed E-state index contributed by atoms with van der Waals surface area (Å²) in [6.45, 7) is 1.93. The van der Waals surface area contributed by atoms with Crippen LogP contribution >= 0.6 is 11.6 Å². The normalized spacial score (nSPS) is 21.1.